The fraction of sp³-hybridized carbons (Fsp3) is 0.429. The van der Waals surface area contributed by atoms with Gasteiger partial charge in [0, 0.05) is 12.8 Å². The number of carbonyl (C=O) groups is 6. The fourth-order valence-corrected chi connectivity index (χ4v) is 2.88. The molecule has 0 aliphatic carbocycles. The Morgan fingerprint density at radius 2 is 1.31 bits per heavy atom. The van der Waals surface area contributed by atoms with Crippen LogP contribution in [0.15, 0.2) is 24.3 Å². The van der Waals surface area contributed by atoms with Crippen molar-refractivity contribution >= 4 is 35.6 Å². The summed E-state index contributed by atoms with van der Waals surface area (Å²) in [5.41, 5.74) is 5.99. The standard InChI is InChI=1S/C21H28N4O11/c22-12(5-6-16(28)29)18(32)25-15(9-26)20(34)23-13(7-10-1-3-11(27)4-2-10)19(33)24-14(21(35)36)8-17(30)31/h1-4,12-15,26-27H,5-9,22H2,(H,23,34)(H,24,33)(H,25,32)(H,28,29)(H,30,31)(H,35,36). The maximum absolute atomic E-state index is 12.8. The molecule has 3 amide bonds. The van der Waals surface area contributed by atoms with E-state index in [4.69, 9.17) is 15.9 Å². The molecule has 0 aliphatic heterocycles. The number of carboxylic acids is 3. The number of aromatic hydroxyl groups is 1. The fourth-order valence-electron chi connectivity index (χ4n) is 2.88. The second-order valence-electron chi connectivity index (χ2n) is 7.71. The molecule has 1 aromatic carbocycles. The van der Waals surface area contributed by atoms with Crippen molar-refractivity contribution in [3.63, 3.8) is 0 Å². The normalized spacial score (nSPS) is 13.9. The zero-order chi connectivity index (χ0) is 27.4. The van der Waals surface area contributed by atoms with Crippen molar-refractivity contribution in [2.45, 2.75) is 49.9 Å². The first-order chi connectivity index (χ1) is 16.8. The van der Waals surface area contributed by atoms with Crippen LogP contribution in [-0.4, -0.2) is 91.9 Å². The maximum Gasteiger partial charge on any atom is 0.326 e. The molecule has 0 aromatic heterocycles. The van der Waals surface area contributed by atoms with Crippen molar-refractivity contribution < 1.29 is 54.3 Å². The summed E-state index contributed by atoms with van der Waals surface area (Å²) in [5, 5.41) is 52.1. The number of rotatable bonds is 15. The predicted molar refractivity (Wildman–Crippen MR) is 119 cm³/mol. The van der Waals surface area contributed by atoms with E-state index in [9.17, 15) is 44.1 Å². The molecule has 1 aromatic rings. The van der Waals surface area contributed by atoms with Crippen molar-refractivity contribution in [3.8, 4) is 5.75 Å². The van der Waals surface area contributed by atoms with Gasteiger partial charge in [-0.15, -0.1) is 0 Å². The van der Waals surface area contributed by atoms with Crippen LogP contribution in [0.1, 0.15) is 24.8 Å². The van der Waals surface area contributed by atoms with Gasteiger partial charge in [0.1, 0.15) is 23.9 Å². The van der Waals surface area contributed by atoms with Gasteiger partial charge in [-0.25, -0.2) is 4.79 Å². The SMILES string of the molecule is NC(CCC(=O)O)C(=O)NC(CO)C(=O)NC(Cc1ccc(O)cc1)C(=O)NC(CC(=O)O)C(=O)O. The zero-order valence-corrected chi connectivity index (χ0v) is 18.9. The second kappa shape index (κ2) is 14.2. The molecule has 10 N–H and O–H groups in total. The Kier molecular flexibility index (Phi) is 11.8. The Balaban J connectivity index is 3.03. The Morgan fingerprint density at radius 3 is 1.81 bits per heavy atom. The Morgan fingerprint density at radius 1 is 0.778 bits per heavy atom. The quantitative estimate of drug-likeness (QED) is 0.115. The van der Waals surface area contributed by atoms with Crippen LogP contribution in [0.25, 0.3) is 0 Å². The highest BCUT2D eigenvalue weighted by Crippen LogP contribution is 2.12. The van der Waals surface area contributed by atoms with Crippen molar-refractivity contribution in [2.24, 2.45) is 5.73 Å². The van der Waals surface area contributed by atoms with Crippen LogP contribution >= 0.6 is 0 Å². The minimum Gasteiger partial charge on any atom is -0.508 e. The number of phenolic OH excluding ortho intramolecular Hbond substituents is 1. The molecule has 15 heteroatoms. The summed E-state index contributed by atoms with van der Waals surface area (Å²) < 4.78 is 0. The van der Waals surface area contributed by atoms with Gasteiger partial charge in [-0.1, -0.05) is 12.1 Å². The molecule has 198 valence electrons. The minimum atomic E-state index is -1.81. The van der Waals surface area contributed by atoms with Crippen molar-refractivity contribution in [1.82, 2.24) is 16.0 Å². The Hall–Kier alpha value is -4.24. The lowest BCUT2D eigenvalue weighted by molar-refractivity contribution is -0.147. The molecule has 0 bridgehead atoms. The monoisotopic (exact) mass is 512 g/mol. The van der Waals surface area contributed by atoms with Crippen LogP contribution in [0.5, 0.6) is 5.75 Å². The van der Waals surface area contributed by atoms with Crippen molar-refractivity contribution in [3.05, 3.63) is 29.8 Å². The van der Waals surface area contributed by atoms with E-state index in [2.05, 4.69) is 10.6 Å². The minimum absolute atomic E-state index is 0.0847. The number of nitrogens with two attached hydrogens (primary N) is 1. The van der Waals surface area contributed by atoms with E-state index in [-0.39, 0.29) is 18.6 Å². The Labute approximate surface area is 204 Å². The summed E-state index contributed by atoms with van der Waals surface area (Å²) >= 11 is 0. The van der Waals surface area contributed by atoms with Gasteiger partial charge >= 0.3 is 17.9 Å². The first-order valence-corrected chi connectivity index (χ1v) is 10.6. The van der Waals surface area contributed by atoms with E-state index < -0.39 is 79.2 Å². The van der Waals surface area contributed by atoms with E-state index in [0.717, 1.165) is 0 Å². The topological polar surface area (TPSA) is 266 Å². The van der Waals surface area contributed by atoms with E-state index in [0.29, 0.717) is 5.56 Å². The molecule has 1 rings (SSSR count). The molecular formula is C21H28N4O11. The summed E-state index contributed by atoms with van der Waals surface area (Å²) in [7, 11) is 0. The number of carbonyl (C=O) groups excluding carboxylic acids is 3. The highest BCUT2D eigenvalue weighted by molar-refractivity contribution is 5.94. The molecule has 4 unspecified atom stereocenters. The number of aliphatic hydroxyl groups is 1. The number of hydrogen-bond donors (Lipinski definition) is 9. The third-order valence-corrected chi connectivity index (χ3v) is 4.82. The van der Waals surface area contributed by atoms with Gasteiger partial charge in [0.25, 0.3) is 0 Å². The van der Waals surface area contributed by atoms with Gasteiger partial charge in [0.2, 0.25) is 17.7 Å². The number of hydrogen-bond acceptors (Lipinski definition) is 9. The predicted octanol–water partition coefficient (Wildman–Crippen LogP) is -2.87. The lowest BCUT2D eigenvalue weighted by atomic mass is 10.0. The number of phenols is 1. The summed E-state index contributed by atoms with van der Waals surface area (Å²) in [5.74, 6) is -7.46. The van der Waals surface area contributed by atoms with Crippen LogP contribution in [0.2, 0.25) is 0 Å². The number of amides is 3. The van der Waals surface area contributed by atoms with Gasteiger partial charge in [-0.2, -0.15) is 0 Å². The van der Waals surface area contributed by atoms with E-state index in [1.165, 1.54) is 24.3 Å². The highest BCUT2D eigenvalue weighted by Gasteiger charge is 2.31. The number of aliphatic carboxylic acids is 3. The van der Waals surface area contributed by atoms with E-state index in [1.54, 1.807) is 0 Å². The third-order valence-electron chi connectivity index (χ3n) is 4.82. The summed E-state index contributed by atoms with van der Waals surface area (Å²) in [6.45, 7) is -0.923. The molecule has 15 nitrogen and oxygen atoms in total. The van der Waals surface area contributed by atoms with Crippen LogP contribution in [0.4, 0.5) is 0 Å². The average Bonchev–Trinajstić information content (AvgIpc) is 2.80. The highest BCUT2D eigenvalue weighted by atomic mass is 16.4. The summed E-state index contributed by atoms with van der Waals surface area (Å²) in [4.78, 5) is 70.5. The average molecular weight is 512 g/mol. The van der Waals surface area contributed by atoms with Gasteiger partial charge in [-0.3, -0.25) is 24.0 Å². The lowest BCUT2D eigenvalue weighted by Gasteiger charge is -2.24. The Bertz CT molecular complexity index is 967. The second-order valence-corrected chi connectivity index (χ2v) is 7.71. The summed E-state index contributed by atoms with van der Waals surface area (Å²) in [6, 6.07) is -0.762. The maximum atomic E-state index is 12.8. The zero-order valence-electron chi connectivity index (χ0n) is 18.9. The molecule has 0 fully saturated rings. The molecule has 0 aliphatic rings. The van der Waals surface area contributed by atoms with Gasteiger partial charge in [-0.05, 0) is 24.1 Å². The van der Waals surface area contributed by atoms with Gasteiger partial charge in [0.15, 0.2) is 0 Å². The first kappa shape index (κ1) is 29.8. The number of nitrogens with one attached hydrogen (secondary N) is 3. The van der Waals surface area contributed by atoms with Crippen molar-refractivity contribution in [2.75, 3.05) is 6.61 Å². The summed E-state index contributed by atoms with van der Waals surface area (Å²) in [6.07, 6.45) is -1.83. The molecule has 36 heavy (non-hydrogen) atoms. The van der Waals surface area contributed by atoms with Gasteiger partial charge < -0.3 is 47.2 Å². The molecule has 0 saturated heterocycles. The molecular weight excluding hydrogens is 484 g/mol. The first-order valence-electron chi connectivity index (χ1n) is 10.6. The van der Waals surface area contributed by atoms with Crippen LogP contribution in [-0.2, 0) is 35.2 Å². The van der Waals surface area contributed by atoms with Gasteiger partial charge in [0.05, 0.1) is 19.1 Å². The molecule has 0 spiro atoms. The number of aliphatic hydroxyl groups excluding tert-OH is 1. The lowest BCUT2D eigenvalue weighted by Crippen LogP contribution is -2.58. The largest absolute Gasteiger partial charge is 0.508 e. The number of benzene rings is 1. The molecule has 0 heterocycles. The molecule has 0 radical (unpaired) electrons. The smallest absolute Gasteiger partial charge is 0.326 e. The molecule has 4 atom stereocenters. The van der Waals surface area contributed by atoms with E-state index in [1.807, 2.05) is 5.32 Å². The van der Waals surface area contributed by atoms with Crippen molar-refractivity contribution in [1.29, 1.82) is 0 Å². The van der Waals surface area contributed by atoms with E-state index >= 15 is 0 Å². The molecule has 0 saturated carbocycles. The number of carboxylic acid groups (broad SMARTS) is 3. The van der Waals surface area contributed by atoms with Crippen LogP contribution in [0.3, 0.4) is 0 Å². The van der Waals surface area contributed by atoms with Crippen LogP contribution < -0.4 is 21.7 Å². The van der Waals surface area contributed by atoms with Crippen LogP contribution in [0, 0.1) is 0 Å². The third kappa shape index (κ3) is 10.4.